The molecule has 9 nitrogen and oxygen atoms in total. The summed E-state index contributed by atoms with van der Waals surface area (Å²) in [4.78, 5) is 13.1. The average molecular weight is 584 g/mol. The van der Waals surface area contributed by atoms with Crippen LogP contribution in [0.1, 0.15) is 12.8 Å². The number of amides is 1. The van der Waals surface area contributed by atoms with Crippen LogP contribution < -0.4 is 10.1 Å². The van der Waals surface area contributed by atoms with Crippen molar-refractivity contribution in [3.8, 4) is 22.8 Å². The van der Waals surface area contributed by atoms with Crippen LogP contribution in [-0.2, 0) is 14.8 Å². The molecule has 1 saturated heterocycles. The van der Waals surface area contributed by atoms with Crippen LogP contribution in [0.2, 0.25) is 5.02 Å². The molecule has 1 aliphatic heterocycles. The van der Waals surface area contributed by atoms with Crippen molar-refractivity contribution >= 4 is 45.0 Å². The van der Waals surface area contributed by atoms with E-state index in [9.17, 15) is 13.2 Å². The summed E-state index contributed by atoms with van der Waals surface area (Å²) in [5.41, 5.74) is 1.93. The topological polar surface area (TPSA) is 106 Å². The lowest BCUT2D eigenvalue weighted by Crippen LogP contribution is -2.28. The molecule has 202 valence electrons. The highest BCUT2D eigenvalue weighted by Crippen LogP contribution is 2.33. The Labute approximate surface area is 236 Å². The lowest BCUT2D eigenvalue weighted by atomic mass is 10.2. The number of hydrogen-bond acceptors (Lipinski definition) is 7. The fourth-order valence-electron chi connectivity index (χ4n) is 4.33. The van der Waals surface area contributed by atoms with Gasteiger partial charge in [-0.15, -0.1) is 10.2 Å². The highest BCUT2D eigenvalue weighted by atomic mass is 35.5. The minimum absolute atomic E-state index is 0.0285. The fraction of sp³-hybridized carbons (Fsp3) is 0.222. The molecule has 0 saturated carbocycles. The van der Waals surface area contributed by atoms with E-state index in [-0.39, 0.29) is 16.6 Å². The second-order valence-electron chi connectivity index (χ2n) is 8.79. The summed E-state index contributed by atoms with van der Waals surface area (Å²) in [6, 6.07) is 21.1. The number of benzene rings is 3. The molecule has 1 aliphatic rings. The Kier molecular flexibility index (Phi) is 8.22. The van der Waals surface area contributed by atoms with Crippen molar-refractivity contribution in [2.75, 3.05) is 31.3 Å². The molecule has 1 amide bonds. The Hall–Kier alpha value is -3.38. The molecule has 0 aliphatic carbocycles. The van der Waals surface area contributed by atoms with Gasteiger partial charge in [-0.25, -0.2) is 8.42 Å². The standard InChI is InChI=1S/C27H26ClN5O4S2/c1-37-24-10-3-2-9-23(24)26-30-31-27(33(26)21-13-11-19(28)12-14-21)38-18-25(34)29-20-7-6-8-22(17-20)39(35,36)32-15-4-5-16-32/h2-3,6-14,17H,4-5,15-16,18H2,1H3,(H,29,34). The van der Waals surface area contributed by atoms with Gasteiger partial charge in [-0.1, -0.05) is 41.6 Å². The van der Waals surface area contributed by atoms with Crippen LogP contribution in [0.3, 0.4) is 0 Å². The van der Waals surface area contributed by atoms with Gasteiger partial charge < -0.3 is 10.1 Å². The van der Waals surface area contributed by atoms with E-state index in [2.05, 4.69) is 15.5 Å². The van der Waals surface area contributed by atoms with Crippen molar-refractivity contribution in [1.29, 1.82) is 0 Å². The number of sulfonamides is 1. The zero-order valence-corrected chi connectivity index (χ0v) is 23.5. The number of anilines is 1. The summed E-state index contributed by atoms with van der Waals surface area (Å²) in [7, 11) is -1.99. The van der Waals surface area contributed by atoms with Gasteiger partial charge in [0.1, 0.15) is 5.75 Å². The molecule has 1 N–H and O–H groups in total. The fourth-order valence-corrected chi connectivity index (χ4v) is 6.77. The molecule has 12 heteroatoms. The first-order chi connectivity index (χ1) is 18.9. The Bertz CT molecular complexity index is 1590. The first kappa shape index (κ1) is 27.2. The van der Waals surface area contributed by atoms with E-state index in [1.165, 1.54) is 22.1 Å². The Morgan fingerprint density at radius 3 is 2.51 bits per heavy atom. The molecule has 5 rings (SSSR count). The Morgan fingerprint density at radius 1 is 1.03 bits per heavy atom. The number of hydrogen-bond donors (Lipinski definition) is 1. The van der Waals surface area contributed by atoms with Crippen LogP contribution in [0.25, 0.3) is 17.1 Å². The van der Waals surface area contributed by atoms with Gasteiger partial charge in [-0.2, -0.15) is 4.31 Å². The van der Waals surface area contributed by atoms with Crippen LogP contribution >= 0.6 is 23.4 Å². The summed E-state index contributed by atoms with van der Waals surface area (Å²) in [5.74, 6) is 0.914. The number of halogens is 1. The zero-order valence-electron chi connectivity index (χ0n) is 21.1. The minimum atomic E-state index is -3.59. The number of thioether (sulfide) groups is 1. The van der Waals surface area contributed by atoms with Crippen LogP contribution in [0, 0.1) is 0 Å². The quantitative estimate of drug-likeness (QED) is 0.273. The van der Waals surface area contributed by atoms with Crippen LogP contribution in [0.5, 0.6) is 5.75 Å². The second-order valence-corrected chi connectivity index (χ2v) is 12.1. The number of ether oxygens (including phenoxy) is 1. The lowest BCUT2D eigenvalue weighted by Gasteiger charge is -2.16. The summed E-state index contributed by atoms with van der Waals surface area (Å²) < 4.78 is 34.7. The first-order valence-corrected chi connectivity index (χ1v) is 15.0. The number of carbonyl (C=O) groups is 1. The van der Waals surface area contributed by atoms with E-state index < -0.39 is 10.0 Å². The maximum atomic E-state index is 12.9. The number of carbonyl (C=O) groups excluding carboxylic acids is 1. The SMILES string of the molecule is COc1ccccc1-c1nnc(SCC(=O)Nc2cccc(S(=O)(=O)N3CCCC3)c2)n1-c1ccc(Cl)cc1. The van der Waals surface area contributed by atoms with E-state index in [0.717, 1.165) is 24.1 Å². The molecule has 0 bridgehead atoms. The summed E-state index contributed by atoms with van der Waals surface area (Å²) in [6.07, 6.45) is 1.71. The molecule has 39 heavy (non-hydrogen) atoms. The van der Waals surface area contributed by atoms with E-state index in [0.29, 0.717) is 40.5 Å². The smallest absolute Gasteiger partial charge is 0.243 e. The van der Waals surface area contributed by atoms with Crippen molar-refractivity contribution in [2.45, 2.75) is 22.9 Å². The maximum Gasteiger partial charge on any atom is 0.243 e. The number of para-hydroxylation sites is 1. The highest BCUT2D eigenvalue weighted by molar-refractivity contribution is 7.99. The molecule has 3 aromatic carbocycles. The van der Waals surface area contributed by atoms with E-state index in [4.69, 9.17) is 16.3 Å². The second kappa shape index (κ2) is 11.8. The van der Waals surface area contributed by atoms with Crippen LogP contribution in [0.4, 0.5) is 5.69 Å². The Balaban J connectivity index is 1.36. The molecule has 1 fully saturated rings. The van der Waals surface area contributed by atoms with Gasteiger partial charge in [-0.05, 0) is 67.4 Å². The Morgan fingerprint density at radius 2 is 1.77 bits per heavy atom. The molecule has 0 atom stereocenters. The number of nitrogens with one attached hydrogen (secondary N) is 1. The minimum Gasteiger partial charge on any atom is -0.496 e. The van der Waals surface area contributed by atoms with Crippen molar-refractivity contribution in [3.05, 3.63) is 77.8 Å². The number of aromatic nitrogens is 3. The van der Waals surface area contributed by atoms with Gasteiger partial charge in [0.25, 0.3) is 0 Å². The predicted octanol–water partition coefficient (Wildman–Crippen LogP) is 5.11. The third-order valence-corrected chi connectivity index (χ3v) is 9.29. The van der Waals surface area contributed by atoms with E-state index in [1.807, 2.05) is 41.0 Å². The zero-order chi connectivity index (χ0) is 27.4. The number of nitrogens with zero attached hydrogens (tertiary/aromatic N) is 4. The molecule has 0 spiro atoms. The van der Waals surface area contributed by atoms with Crippen molar-refractivity contribution in [2.24, 2.45) is 0 Å². The normalized spacial score (nSPS) is 13.9. The molecule has 1 aromatic heterocycles. The van der Waals surface area contributed by atoms with Gasteiger partial charge in [0.15, 0.2) is 11.0 Å². The summed E-state index contributed by atoms with van der Waals surface area (Å²) in [5, 5.41) is 12.7. The van der Waals surface area contributed by atoms with Crippen LogP contribution in [-0.4, -0.2) is 59.3 Å². The molecule has 0 unspecified atom stereocenters. The molecule has 2 heterocycles. The van der Waals surface area contributed by atoms with Gasteiger partial charge in [-0.3, -0.25) is 9.36 Å². The van der Waals surface area contributed by atoms with E-state index in [1.54, 1.807) is 37.4 Å². The predicted molar refractivity (Wildman–Crippen MR) is 152 cm³/mol. The first-order valence-electron chi connectivity index (χ1n) is 12.2. The average Bonchev–Trinajstić information content (AvgIpc) is 3.64. The lowest BCUT2D eigenvalue weighted by molar-refractivity contribution is -0.113. The number of methoxy groups -OCH3 is 1. The summed E-state index contributed by atoms with van der Waals surface area (Å²) in [6.45, 7) is 1.03. The van der Waals surface area contributed by atoms with Crippen molar-refractivity contribution < 1.29 is 17.9 Å². The van der Waals surface area contributed by atoms with Gasteiger partial charge >= 0.3 is 0 Å². The van der Waals surface area contributed by atoms with Gasteiger partial charge in [0, 0.05) is 29.5 Å². The molecule has 0 radical (unpaired) electrons. The van der Waals surface area contributed by atoms with E-state index >= 15 is 0 Å². The summed E-state index contributed by atoms with van der Waals surface area (Å²) >= 11 is 7.32. The highest BCUT2D eigenvalue weighted by Gasteiger charge is 2.27. The molecule has 4 aromatic rings. The van der Waals surface area contributed by atoms with Crippen molar-refractivity contribution in [3.63, 3.8) is 0 Å². The van der Waals surface area contributed by atoms with Gasteiger partial charge in [0.2, 0.25) is 15.9 Å². The largest absolute Gasteiger partial charge is 0.496 e. The maximum absolute atomic E-state index is 12.9. The molecular weight excluding hydrogens is 558 g/mol. The molecular formula is C27H26ClN5O4S2. The third kappa shape index (κ3) is 5.96. The van der Waals surface area contributed by atoms with Crippen molar-refractivity contribution in [1.82, 2.24) is 19.1 Å². The number of rotatable bonds is 9. The monoisotopic (exact) mass is 583 g/mol. The van der Waals surface area contributed by atoms with Gasteiger partial charge in [0.05, 0.1) is 23.3 Å². The third-order valence-electron chi connectivity index (χ3n) is 6.22. The van der Waals surface area contributed by atoms with Crippen LogP contribution in [0.15, 0.2) is 82.8 Å².